The van der Waals surface area contributed by atoms with Crippen LogP contribution in [-0.2, 0) is 46.3 Å². The van der Waals surface area contributed by atoms with Crippen LogP contribution in [0.4, 0.5) is 5.82 Å². The van der Waals surface area contributed by atoms with Gasteiger partial charge in [-0.1, -0.05) is 152 Å². The number of aromatic nitrogens is 2. The number of carbonyl (C=O) groups is 2. The van der Waals surface area contributed by atoms with Crippen molar-refractivity contribution < 1.29 is 81.6 Å². The third kappa shape index (κ3) is 29.0. The molecule has 21 nitrogen and oxygen atoms in total. The summed E-state index contributed by atoms with van der Waals surface area (Å²) in [5.74, 6) is -1.65. The van der Waals surface area contributed by atoms with Crippen LogP contribution in [0.2, 0.25) is 0 Å². The summed E-state index contributed by atoms with van der Waals surface area (Å²) >= 11 is 0. The van der Waals surface area contributed by atoms with Crippen molar-refractivity contribution in [3.05, 3.63) is 83.5 Å². The highest BCUT2D eigenvalue weighted by Gasteiger charge is 2.46. The number of nitrogens with zero attached hydrogens (tertiary/aromatic N) is 2. The molecule has 2 heterocycles. The van der Waals surface area contributed by atoms with E-state index in [0.29, 0.717) is 12.8 Å². The van der Waals surface area contributed by atoms with Crippen molar-refractivity contribution in [2.75, 3.05) is 25.6 Å². The van der Waals surface area contributed by atoms with Crippen molar-refractivity contribution >= 4 is 33.4 Å². The fraction of sp³-hybridized carbons (Fsp3) is 0.667. The summed E-state index contributed by atoms with van der Waals surface area (Å²) in [4.78, 5) is 61.9. The molecule has 1 fully saturated rings. The molecule has 0 saturated carbocycles. The van der Waals surface area contributed by atoms with Crippen LogP contribution in [0.1, 0.15) is 142 Å². The van der Waals surface area contributed by atoms with Crippen LogP contribution in [-0.4, -0.2) is 119 Å². The number of aliphatic hydroxyl groups excluding tert-OH is 5. The van der Waals surface area contributed by atoms with Gasteiger partial charge in [0.2, 0.25) is 0 Å². The van der Waals surface area contributed by atoms with Crippen LogP contribution in [0.15, 0.2) is 77.8 Å². The Morgan fingerprint density at radius 3 is 1.97 bits per heavy atom. The molecular formula is C48H79N3O18P2. The Kier molecular flexibility index (Phi) is 32.4. The highest BCUT2D eigenvalue weighted by atomic mass is 31.3. The molecular weight excluding hydrogens is 968 g/mol. The molecule has 9 N–H and O–H groups in total. The zero-order chi connectivity index (χ0) is 52.5. The number of hydrogen-bond acceptors (Lipinski definition) is 18. The molecule has 1 aromatic rings. The standard InChI is InChI=1S/C48H79N3O18P2/c1-3-5-7-8-9-10-11-12-13-14-15-20-24-30-43(55)64-34-38(67-44(56)31-25-29-40(54)39(53)28-23-19-17-16-18-22-27-37(52)26-21-6-4-2)35-65-70(60,61)69-71(62,63)66-36-41-45(57)46(58)47(68-41)51-33-32-42(49)50-48(51)59/h6,16-19,21-23,27-28,32-33,37-41,45-47,52-54,57-58H,3-5,7-15,20,24-26,29-31,34-36H2,1-2H3,(H,60,61)(H,62,63)(H2,49,50,59)/b18-16+,19-17-,21-6-,27-22+,28-23-/t37-,38+,39+,40+,41+,45+,46+,47+/m0/s1. The van der Waals surface area contributed by atoms with Gasteiger partial charge in [0.25, 0.3) is 0 Å². The molecule has 1 aliphatic heterocycles. The number of allylic oxidation sites excluding steroid dienone is 7. The zero-order valence-electron chi connectivity index (χ0n) is 41.1. The van der Waals surface area contributed by atoms with Crippen molar-refractivity contribution in [1.82, 2.24) is 9.55 Å². The first kappa shape index (κ1) is 63.5. The van der Waals surface area contributed by atoms with Crippen molar-refractivity contribution in [3.63, 3.8) is 0 Å². The van der Waals surface area contributed by atoms with E-state index in [2.05, 4.69) is 16.2 Å². The molecule has 1 saturated heterocycles. The highest BCUT2D eigenvalue weighted by molar-refractivity contribution is 7.61. The molecule has 0 radical (unpaired) electrons. The molecule has 1 aromatic heterocycles. The number of phosphoric acid groups is 2. The number of phosphoric ester groups is 2. The van der Waals surface area contributed by atoms with E-state index in [-0.39, 0.29) is 31.5 Å². The number of aliphatic hydroxyl groups is 5. The van der Waals surface area contributed by atoms with Crippen LogP contribution >= 0.6 is 15.6 Å². The molecule has 0 bridgehead atoms. The summed E-state index contributed by atoms with van der Waals surface area (Å²) in [5, 5.41) is 51.6. The van der Waals surface area contributed by atoms with Crippen LogP contribution < -0.4 is 11.4 Å². The second kappa shape index (κ2) is 36.3. The molecule has 10 atom stereocenters. The Balaban J connectivity index is 1.91. The number of nitrogens with two attached hydrogens (primary N) is 1. The Morgan fingerprint density at radius 1 is 0.775 bits per heavy atom. The number of esters is 2. The smallest absolute Gasteiger partial charge is 0.462 e. The van der Waals surface area contributed by atoms with E-state index in [1.807, 2.05) is 19.1 Å². The van der Waals surface area contributed by atoms with Gasteiger partial charge in [0.05, 0.1) is 31.5 Å². The predicted molar refractivity (Wildman–Crippen MR) is 265 cm³/mol. The van der Waals surface area contributed by atoms with Gasteiger partial charge in [-0.2, -0.15) is 9.29 Å². The highest BCUT2D eigenvalue weighted by Crippen LogP contribution is 2.60. The molecule has 0 spiro atoms. The number of nitrogen functional groups attached to an aromatic ring is 1. The summed E-state index contributed by atoms with van der Waals surface area (Å²) < 4.78 is 56.4. The van der Waals surface area contributed by atoms with Crippen LogP contribution in [0.5, 0.6) is 0 Å². The average Bonchev–Trinajstić information content (AvgIpc) is 3.59. The van der Waals surface area contributed by atoms with Gasteiger partial charge in [-0.25, -0.2) is 13.9 Å². The lowest BCUT2D eigenvalue weighted by Crippen LogP contribution is -2.36. The first-order valence-corrected chi connectivity index (χ1v) is 27.6. The monoisotopic (exact) mass is 1050 g/mol. The molecule has 2 rings (SSSR count). The summed E-state index contributed by atoms with van der Waals surface area (Å²) in [6.45, 7) is 1.61. The SMILES string of the molecule is CC/C=C\C[C@H](O)/C=C/C=C/C=C\C=C/[C@@H](O)[C@H](O)CCCC(=O)O[C@H](COC(=O)CCCCCCCCCCCCCCC)COP(=O)(O)OP(=O)(O)OC[C@H]1O[C@@H](n2ccc(N)nc2=O)[C@H](O)[C@@H]1O. The summed E-state index contributed by atoms with van der Waals surface area (Å²) in [6, 6.07) is 1.22. The normalized spacial score (nSPS) is 21.0. The molecule has 0 aliphatic carbocycles. The first-order valence-electron chi connectivity index (χ1n) is 24.6. The lowest BCUT2D eigenvalue weighted by Gasteiger charge is -2.21. The van der Waals surface area contributed by atoms with E-state index >= 15 is 0 Å². The van der Waals surface area contributed by atoms with Gasteiger partial charge in [-0.3, -0.25) is 23.2 Å². The maximum absolute atomic E-state index is 12.9. The lowest BCUT2D eigenvalue weighted by atomic mass is 10.0. The number of hydrogen-bond donors (Lipinski definition) is 8. The van der Waals surface area contributed by atoms with Crippen molar-refractivity contribution in [2.24, 2.45) is 0 Å². The van der Waals surface area contributed by atoms with Crippen molar-refractivity contribution in [1.29, 1.82) is 0 Å². The first-order chi connectivity index (χ1) is 33.9. The second-order valence-electron chi connectivity index (χ2n) is 17.2. The maximum atomic E-state index is 12.9. The van der Waals surface area contributed by atoms with E-state index in [4.69, 9.17) is 29.0 Å². The Hall–Kier alpha value is -3.66. The Bertz CT molecular complexity index is 1980. The number of ether oxygens (including phenoxy) is 3. The van der Waals surface area contributed by atoms with E-state index in [0.717, 1.165) is 42.9 Å². The summed E-state index contributed by atoms with van der Waals surface area (Å²) in [5.41, 5.74) is 4.55. The third-order valence-electron chi connectivity index (χ3n) is 11.0. The van der Waals surface area contributed by atoms with Crippen molar-refractivity contribution in [3.8, 4) is 0 Å². The van der Waals surface area contributed by atoms with E-state index < -0.39 is 102 Å². The topological polar surface area (TPSA) is 326 Å². The molecule has 23 heteroatoms. The number of rotatable bonds is 39. The van der Waals surface area contributed by atoms with Gasteiger partial charge in [0.1, 0.15) is 30.7 Å². The van der Waals surface area contributed by atoms with Crippen molar-refractivity contribution in [2.45, 2.75) is 185 Å². The maximum Gasteiger partial charge on any atom is 0.481 e. The van der Waals surface area contributed by atoms with Gasteiger partial charge in [-0.05, 0) is 38.2 Å². The lowest BCUT2D eigenvalue weighted by molar-refractivity contribution is -0.161. The minimum absolute atomic E-state index is 0.0275. The van der Waals surface area contributed by atoms with Gasteiger partial charge >= 0.3 is 33.3 Å². The summed E-state index contributed by atoms with van der Waals surface area (Å²) in [7, 11) is -11.0. The van der Waals surface area contributed by atoms with Gasteiger partial charge < -0.3 is 55.3 Å². The van der Waals surface area contributed by atoms with Crippen LogP contribution in [0, 0.1) is 0 Å². The Labute approximate surface area is 417 Å². The van der Waals surface area contributed by atoms with Crippen LogP contribution in [0.25, 0.3) is 0 Å². The molecule has 1 aliphatic rings. The number of carbonyl (C=O) groups excluding carboxylic acids is 2. The Morgan fingerprint density at radius 2 is 1.35 bits per heavy atom. The molecule has 404 valence electrons. The average molecular weight is 1050 g/mol. The van der Waals surface area contributed by atoms with E-state index in [9.17, 15) is 58.8 Å². The van der Waals surface area contributed by atoms with Gasteiger partial charge in [0.15, 0.2) is 12.3 Å². The molecule has 0 amide bonds. The number of unbranched alkanes of at least 4 members (excludes halogenated alkanes) is 12. The predicted octanol–water partition coefficient (Wildman–Crippen LogP) is 6.47. The molecule has 2 unspecified atom stereocenters. The zero-order valence-corrected chi connectivity index (χ0v) is 42.9. The van der Waals surface area contributed by atoms with Gasteiger partial charge in [0, 0.05) is 19.0 Å². The molecule has 0 aromatic carbocycles. The largest absolute Gasteiger partial charge is 0.481 e. The van der Waals surface area contributed by atoms with E-state index in [1.54, 1.807) is 36.5 Å². The minimum atomic E-state index is -5.51. The quantitative estimate of drug-likeness (QED) is 0.0115. The fourth-order valence-electron chi connectivity index (χ4n) is 7.01. The molecule has 71 heavy (non-hydrogen) atoms. The second-order valence-corrected chi connectivity index (χ2v) is 20.2. The minimum Gasteiger partial charge on any atom is -0.462 e. The van der Waals surface area contributed by atoms with E-state index in [1.165, 1.54) is 69.6 Å². The fourth-order valence-corrected chi connectivity index (χ4v) is 9.12. The number of anilines is 1. The van der Waals surface area contributed by atoms with Crippen LogP contribution in [0.3, 0.4) is 0 Å². The summed E-state index contributed by atoms with van der Waals surface area (Å²) in [6.07, 6.45) is 22.4. The van der Waals surface area contributed by atoms with Gasteiger partial charge in [-0.15, -0.1) is 0 Å². The third-order valence-corrected chi connectivity index (χ3v) is 13.6.